The molecule has 11 heteroatoms. The molecule has 2 radical (unpaired) electrons. The molecular formula is C24H21BClF3INO4. The van der Waals surface area contributed by atoms with E-state index in [0.29, 0.717) is 16.8 Å². The number of aromatic carboxylic acids is 1. The minimum atomic E-state index is -4.50. The zero-order valence-electron chi connectivity index (χ0n) is 18.7. The molecule has 0 heterocycles. The fraction of sp³-hybridized carbons (Fsp3) is 0.167. The Morgan fingerprint density at radius 1 is 1.00 bits per heavy atom. The quantitative estimate of drug-likeness (QED) is 0.223. The van der Waals surface area contributed by atoms with Gasteiger partial charge in [0.2, 0.25) is 0 Å². The van der Waals surface area contributed by atoms with Gasteiger partial charge in [0.25, 0.3) is 5.91 Å². The van der Waals surface area contributed by atoms with Crippen LogP contribution in [0.15, 0.2) is 66.7 Å². The van der Waals surface area contributed by atoms with Crippen LogP contribution in [0.3, 0.4) is 0 Å². The average Bonchev–Trinajstić information content (AvgIpc) is 2.85. The largest absolute Gasteiger partial charge is 0.487 e. The highest BCUT2D eigenvalue weighted by molar-refractivity contribution is 14.1. The van der Waals surface area contributed by atoms with Crippen molar-refractivity contribution in [3.05, 3.63) is 94.0 Å². The molecule has 0 saturated carbocycles. The summed E-state index contributed by atoms with van der Waals surface area (Å²) in [5.74, 6) is -1.40. The van der Waals surface area contributed by atoms with Crippen molar-refractivity contribution in [1.82, 2.24) is 0 Å². The highest BCUT2D eigenvalue weighted by atomic mass is 127. The Morgan fingerprint density at radius 3 is 2.17 bits per heavy atom. The molecule has 0 aliphatic rings. The maximum Gasteiger partial charge on any atom is 0.416 e. The summed E-state index contributed by atoms with van der Waals surface area (Å²) in [6, 6.07) is 15.0. The van der Waals surface area contributed by atoms with Crippen LogP contribution >= 0.6 is 34.0 Å². The van der Waals surface area contributed by atoms with E-state index in [0.717, 1.165) is 18.2 Å². The summed E-state index contributed by atoms with van der Waals surface area (Å²) in [4.78, 5) is 23.3. The van der Waals surface area contributed by atoms with Crippen molar-refractivity contribution in [3.8, 4) is 5.75 Å². The van der Waals surface area contributed by atoms with Crippen LogP contribution in [0, 0.1) is 0 Å². The summed E-state index contributed by atoms with van der Waals surface area (Å²) in [6.45, 7) is 3.99. The van der Waals surface area contributed by atoms with Crippen LogP contribution in [0.4, 0.5) is 18.9 Å². The first-order valence-electron chi connectivity index (χ1n) is 10.1. The van der Waals surface area contributed by atoms with Crippen LogP contribution in [-0.2, 0) is 12.8 Å². The Labute approximate surface area is 220 Å². The van der Waals surface area contributed by atoms with Crippen LogP contribution in [-0.4, -0.2) is 22.7 Å². The normalized spacial score (nSPS) is 10.1. The fourth-order valence-corrected chi connectivity index (χ4v) is 2.89. The molecule has 0 fully saturated rings. The number of amides is 1. The molecule has 0 aliphatic carbocycles. The smallest absolute Gasteiger partial charge is 0.416 e. The van der Waals surface area contributed by atoms with Crippen molar-refractivity contribution in [2.75, 3.05) is 5.32 Å². The van der Waals surface area contributed by atoms with Gasteiger partial charge in [0.15, 0.2) is 5.70 Å². The molecule has 3 rings (SSSR count). The summed E-state index contributed by atoms with van der Waals surface area (Å²) in [7, 11) is 0. The number of carboxylic acids is 1. The lowest BCUT2D eigenvalue weighted by Gasteiger charge is -2.12. The third-order valence-corrected chi connectivity index (χ3v) is 4.53. The molecule has 0 spiro atoms. The predicted octanol–water partition coefficient (Wildman–Crippen LogP) is 7.42. The van der Waals surface area contributed by atoms with Crippen LogP contribution in [0.1, 0.15) is 45.7 Å². The zero-order chi connectivity index (χ0) is 26.6. The Kier molecular flexibility index (Phi) is 12.7. The number of carboxylic acid groups (broad SMARTS) is 1. The Morgan fingerprint density at radius 2 is 1.63 bits per heavy atom. The third-order valence-electron chi connectivity index (χ3n) is 4.23. The summed E-state index contributed by atoms with van der Waals surface area (Å²) in [6.07, 6.45) is -4.50. The van der Waals surface area contributed by atoms with E-state index >= 15 is 0 Å². The first kappa shape index (κ1) is 30.3. The van der Waals surface area contributed by atoms with Gasteiger partial charge in [-0.3, -0.25) is 4.79 Å². The second-order valence-corrected chi connectivity index (χ2v) is 6.88. The number of hydrogen-bond donors (Lipinski definition) is 2. The number of anilines is 1. The number of benzene rings is 3. The first-order chi connectivity index (χ1) is 16.6. The van der Waals surface area contributed by atoms with Gasteiger partial charge >= 0.3 is 12.1 Å². The zero-order valence-corrected chi connectivity index (χ0v) is 21.6. The summed E-state index contributed by atoms with van der Waals surface area (Å²) in [5.41, 5.74) is 5.04. The monoisotopic (exact) mass is 617 g/mol. The second-order valence-electron chi connectivity index (χ2n) is 6.47. The molecule has 0 saturated heterocycles. The molecule has 3 aromatic rings. The minimum Gasteiger partial charge on any atom is -0.487 e. The highest BCUT2D eigenvalue weighted by Gasteiger charge is 2.31. The first-order valence-corrected chi connectivity index (χ1v) is 11.7. The molecule has 0 unspecified atom stereocenters. The number of ether oxygens (including phenoxy) is 1. The van der Waals surface area contributed by atoms with E-state index in [1.165, 1.54) is 24.3 Å². The molecule has 5 nitrogen and oxygen atoms in total. The average molecular weight is 618 g/mol. The lowest BCUT2D eigenvalue weighted by Crippen LogP contribution is -2.12. The van der Waals surface area contributed by atoms with Crippen molar-refractivity contribution in [3.63, 3.8) is 0 Å². The standard InChI is InChI=1S/C22H15ClF3NO4.C2H6.BI/c23-18-11-16(22(24,25)26)6-9-19(18)31-12-13-2-1-3-15(10-13)20(28)27-17-7-4-14(5-8-17)21(29)30;2*1-2/h1-11H,12H2,(H,27,28)(H,29,30);1-2H3;. The lowest BCUT2D eigenvalue weighted by atomic mass is 10.1. The number of carbonyl (C=O) groups excluding carboxylic acids is 1. The van der Waals surface area contributed by atoms with E-state index in [4.69, 9.17) is 21.4 Å². The molecule has 0 aromatic heterocycles. The van der Waals surface area contributed by atoms with E-state index in [-0.39, 0.29) is 22.9 Å². The van der Waals surface area contributed by atoms with Crippen LogP contribution in [0.2, 0.25) is 5.02 Å². The van der Waals surface area contributed by atoms with Gasteiger partial charge in [-0.2, -0.15) is 35.5 Å². The molecular weight excluding hydrogens is 596 g/mol. The van der Waals surface area contributed by atoms with Gasteiger partial charge in [0.1, 0.15) is 12.4 Å². The molecule has 0 aliphatic heterocycles. The Balaban J connectivity index is 0.00000145. The van der Waals surface area contributed by atoms with E-state index in [9.17, 15) is 22.8 Å². The van der Waals surface area contributed by atoms with Crippen molar-refractivity contribution < 1.29 is 32.6 Å². The molecule has 184 valence electrons. The topological polar surface area (TPSA) is 75.6 Å². The minimum absolute atomic E-state index is 0.0144. The van der Waals surface area contributed by atoms with Gasteiger partial charge in [0, 0.05) is 11.3 Å². The predicted molar refractivity (Wildman–Crippen MR) is 140 cm³/mol. The third kappa shape index (κ3) is 9.44. The number of alkyl halides is 3. The maximum atomic E-state index is 12.7. The summed E-state index contributed by atoms with van der Waals surface area (Å²) >= 11 is 7.53. The van der Waals surface area contributed by atoms with E-state index in [1.807, 2.05) is 13.8 Å². The van der Waals surface area contributed by atoms with Crippen LogP contribution < -0.4 is 10.1 Å². The molecule has 35 heavy (non-hydrogen) atoms. The van der Waals surface area contributed by atoms with Crippen LogP contribution in [0.25, 0.3) is 0 Å². The molecule has 2 N–H and O–H groups in total. The van der Waals surface area contributed by atoms with Gasteiger partial charge in [-0.15, -0.1) is 0 Å². The highest BCUT2D eigenvalue weighted by Crippen LogP contribution is 2.35. The van der Waals surface area contributed by atoms with Gasteiger partial charge in [-0.05, 0) is 60.2 Å². The number of halogens is 5. The SMILES string of the molecule is CC.O=C(O)c1ccc(NC(=O)c2cccc(COc3ccc(C(F)(F)F)cc3Cl)c2)cc1.[B]I. The number of rotatable bonds is 6. The van der Waals surface area contributed by atoms with Crippen molar-refractivity contribution in [2.24, 2.45) is 0 Å². The van der Waals surface area contributed by atoms with Crippen molar-refractivity contribution in [2.45, 2.75) is 26.6 Å². The fourth-order valence-electron chi connectivity index (χ4n) is 2.66. The summed E-state index contributed by atoms with van der Waals surface area (Å²) in [5, 5.41) is 11.4. The second kappa shape index (κ2) is 14.6. The van der Waals surface area contributed by atoms with Crippen molar-refractivity contribution >= 4 is 57.2 Å². The Hall–Kier alpha value is -2.73. The van der Waals surface area contributed by atoms with Gasteiger partial charge in [-0.1, -0.05) is 37.6 Å². The number of nitrogens with one attached hydrogen (secondary N) is 1. The number of carbonyl (C=O) groups is 2. The van der Waals surface area contributed by atoms with Gasteiger partial charge in [-0.25, -0.2) is 4.79 Å². The van der Waals surface area contributed by atoms with E-state index in [2.05, 4.69) is 11.0 Å². The Bertz CT molecular complexity index is 1130. The molecule has 3 aromatic carbocycles. The van der Waals surface area contributed by atoms with Gasteiger partial charge < -0.3 is 15.2 Å². The van der Waals surface area contributed by atoms with Gasteiger partial charge in [0.05, 0.1) is 16.1 Å². The van der Waals surface area contributed by atoms with E-state index < -0.39 is 23.6 Å². The molecule has 0 atom stereocenters. The lowest BCUT2D eigenvalue weighted by molar-refractivity contribution is -0.137. The molecule has 0 bridgehead atoms. The molecule has 1 amide bonds. The van der Waals surface area contributed by atoms with E-state index in [1.54, 1.807) is 46.6 Å². The number of hydrogen-bond acceptors (Lipinski definition) is 3. The summed E-state index contributed by atoms with van der Waals surface area (Å²) < 4.78 is 43.6. The van der Waals surface area contributed by atoms with Crippen LogP contribution in [0.5, 0.6) is 5.75 Å². The maximum absolute atomic E-state index is 12.7. The van der Waals surface area contributed by atoms with Crippen molar-refractivity contribution in [1.29, 1.82) is 0 Å².